The number of nitrogens with one attached hydrogen (secondary N) is 2. The molecule has 1 aliphatic rings. The Morgan fingerprint density at radius 3 is 2.38 bits per heavy atom. The minimum absolute atomic E-state index is 0.151. The molecule has 0 bridgehead atoms. The molecule has 0 unspecified atom stereocenters. The van der Waals surface area contributed by atoms with E-state index in [0.717, 1.165) is 5.56 Å². The van der Waals surface area contributed by atoms with Crippen molar-refractivity contribution in [1.82, 2.24) is 0 Å². The van der Waals surface area contributed by atoms with E-state index in [-0.39, 0.29) is 11.8 Å². The summed E-state index contributed by atoms with van der Waals surface area (Å²) < 4.78 is 5.32. The van der Waals surface area contributed by atoms with Crippen molar-refractivity contribution < 1.29 is 19.2 Å². The van der Waals surface area contributed by atoms with Crippen molar-refractivity contribution in [3.63, 3.8) is 0 Å². The van der Waals surface area contributed by atoms with Gasteiger partial charge in [-0.15, -0.1) is 0 Å². The second-order valence-electron chi connectivity index (χ2n) is 5.78. The summed E-state index contributed by atoms with van der Waals surface area (Å²) in [5.74, 6) is 0.248. The number of hydrogen-bond acceptors (Lipinski definition) is 5. The number of amides is 2. The monoisotopic (exact) mass is 353 g/mol. The van der Waals surface area contributed by atoms with Crippen LogP contribution >= 0.6 is 0 Å². The van der Waals surface area contributed by atoms with Crippen LogP contribution in [0.1, 0.15) is 18.9 Å². The Labute approximate surface area is 151 Å². The molecular formula is C19H19N3O4. The highest BCUT2D eigenvalue weighted by Gasteiger charge is 2.30. The van der Waals surface area contributed by atoms with E-state index < -0.39 is 6.10 Å². The van der Waals surface area contributed by atoms with E-state index in [1.807, 2.05) is 24.3 Å². The lowest BCUT2D eigenvalue weighted by atomic mass is 10.0. The zero-order chi connectivity index (χ0) is 18.5. The lowest BCUT2D eigenvalue weighted by molar-refractivity contribution is -0.125. The smallest absolute Gasteiger partial charge is 0.268 e. The van der Waals surface area contributed by atoms with E-state index >= 15 is 0 Å². The average Bonchev–Trinajstić information content (AvgIpc) is 3.13. The number of rotatable bonds is 5. The third-order valence-electron chi connectivity index (χ3n) is 3.85. The fraction of sp³-hybridized carbons (Fsp3) is 0.211. The SMILES string of the molecule is COc1ccccc1C1=NO[C@@H](C(=O)Nc2ccc(NC(C)=O)cc2)C1. The topological polar surface area (TPSA) is 89.0 Å². The molecule has 0 spiro atoms. The molecule has 2 amide bonds. The molecule has 1 heterocycles. The number of carbonyl (C=O) groups is 2. The number of benzene rings is 2. The number of carbonyl (C=O) groups excluding carboxylic acids is 2. The number of oxime groups is 1. The van der Waals surface area contributed by atoms with Crippen molar-refractivity contribution in [2.45, 2.75) is 19.4 Å². The van der Waals surface area contributed by atoms with E-state index in [4.69, 9.17) is 9.57 Å². The number of hydrogen-bond donors (Lipinski definition) is 2. The maximum atomic E-state index is 12.4. The standard InChI is InChI=1S/C19H19N3O4/c1-12(23)20-13-7-9-14(10-8-13)21-19(24)18-11-16(22-26-18)15-5-3-4-6-17(15)25-2/h3-10,18H,11H2,1-2H3,(H,20,23)(H,21,24)/t18-/m1/s1. The Morgan fingerprint density at radius 1 is 1.08 bits per heavy atom. The predicted octanol–water partition coefficient (Wildman–Crippen LogP) is 2.79. The molecular weight excluding hydrogens is 334 g/mol. The molecule has 2 N–H and O–H groups in total. The molecule has 0 aromatic heterocycles. The van der Waals surface area contributed by atoms with Gasteiger partial charge in [0.2, 0.25) is 12.0 Å². The minimum atomic E-state index is -0.704. The van der Waals surface area contributed by atoms with Gasteiger partial charge in [-0.05, 0) is 36.4 Å². The Bertz CT molecular complexity index is 846. The van der Waals surface area contributed by atoms with E-state index in [2.05, 4.69) is 15.8 Å². The summed E-state index contributed by atoms with van der Waals surface area (Å²) in [6, 6.07) is 14.3. The molecule has 7 nitrogen and oxygen atoms in total. The highest BCUT2D eigenvalue weighted by molar-refractivity contribution is 6.07. The molecule has 134 valence electrons. The van der Waals surface area contributed by atoms with Crippen molar-refractivity contribution in [1.29, 1.82) is 0 Å². The quantitative estimate of drug-likeness (QED) is 0.865. The molecule has 26 heavy (non-hydrogen) atoms. The Morgan fingerprint density at radius 2 is 1.73 bits per heavy atom. The van der Waals surface area contributed by atoms with Gasteiger partial charge in [0.05, 0.1) is 12.8 Å². The molecule has 3 rings (SSSR count). The molecule has 2 aromatic rings. The van der Waals surface area contributed by atoms with Gasteiger partial charge >= 0.3 is 0 Å². The van der Waals surface area contributed by atoms with Gasteiger partial charge in [-0.2, -0.15) is 0 Å². The van der Waals surface area contributed by atoms with Gasteiger partial charge in [0, 0.05) is 30.3 Å². The molecule has 1 aliphatic heterocycles. The maximum Gasteiger partial charge on any atom is 0.268 e. The van der Waals surface area contributed by atoms with Crippen molar-refractivity contribution in [3.8, 4) is 5.75 Å². The van der Waals surface area contributed by atoms with Gasteiger partial charge < -0.3 is 20.2 Å². The third-order valence-corrected chi connectivity index (χ3v) is 3.85. The first-order valence-electron chi connectivity index (χ1n) is 8.11. The molecule has 0 radical (unpaired) electrons. The van der Waals surface area contributed by atoms with Crippen LogP contribution in [0, 0.1) is 0 Å². The van der Waals surface area contributed by atoms with Crippen LogP contribution < -0.4 is 15.4 Å². The van der Waals surface area contributed by atoms with E-state index in [0.29, 0.717) is 29.3 Å². The Balaban J connectivity index is 1.61. The largest absolute Gasteiger partial charge is 0.496 e. The number of ether oxygens (including phenoxy) is 1. The minimum Gasteiger partial charge on any atom is -0.496 e. The highest BCUT2D eigenvalue weighted by Crippen LogP contribution is 2.25. The van der Waals surface area contributed by atoms with Crippen LogP contribution in [0.3, 0.4) is 0 Å². The molecule has 7 heteroatoms. The van der Waals surface area contributed by atoms with Crippen molar-refractivity contribution in [2.24, 2.45) is 5.16 Å². The van der Waals surface area contributed by atoms with Crippen molar-refractivity contribution in [2.75, 3.05) is 17.7 Å². The van der Waals surface area contributed by atoms with Crippen LogP contribution in [0.15, 0.2) is 53.7 Å². The second-order valence-corrected chi connectivity index (χ2v) is 5.78. The number of methoxy groups -OCH3 is 1. The van der Waals surface area contributed by atoms with Crippen LogP contribution in [-0.2, 0) is 14.4 Å². The summed E-state index contributed by atoms with van der Waals surface area (Å²) in [7, 11) is 1.59. The molecule has 0 saturated carbocycles. The van der Waals surface area contributed by atoms with Crippen LogP contribution in [0.2, 0.25) is 0 Å². The molecule has 0 fully saturated rings. The first-order valence-corrected chi connectivity index (χ1v) is 8.11. The number of anilines is 2. The molecule has 0 aliphatic carbocycles. The summed E-state index contributed by atoms with van der Waals surface area (Å²) in [6.45, 7) is 1.44. The number of para-hydroxylation sites is 1. The van der Waals surface area contributed by atoms with Gasteiger partial charge in [0.25, 0.3) is 5.91 Å². The first-order chi connectivity index (χ1) is 12.6. The van der Waals surface area contributed by atoms with Crippen molar-refractivity contribution in [3.05, 3.63) is 54.1 Å². The Kier molecular flexibility index (Phi) is 5.17. The summed E-state index contributed by atoms with van der Waals surface area (Å²) in [5, 5.41) is 9.49. The summed E-state index contributed by atoms with van der Waals surface area (Å²) in [4.78, 5) is 28.7. The average molecular weight is 353 g/mol. The van der Waals surface area contributed by atoms with E-state index in [1.165, 1.54) is 6.92 Å². The zero-order valence-corrected chi connectivity index (χ0v) is 14.5. The predicted molar refractivity (Wildman–Crippen MR) is 98.4 cm³/mol. The van der Waals surface area contributed by atoms with Gasteiger partial charge in [0.1, 0.15) is 5.75 Å². The summed E-state index contributed by atoms with van der Waals surface area (Å²) in [5.41, 5.74) is 2.75. The van der Waals surface area contributed by atoms with Crippen molar-refractivity contribution >= 4 is 28.9 Å². The van der Waals surface area contributed by atoms with E-state index in [9.17, 15) is 9.59 Å². The lowest BCUT2D eigenvalue weighted by Crippen LogP contribution is -2.28. The fourth-order valence-corrected chi connectivity index (χ4v) is 2.62. The van der Waals surface area contributed by atoms with Crippen LogP contribution in [-0.4, -0.2) is 30.7 Å². The lowest BCUT2D eigenvalue weighted by Gasteiger charge is -2.10. The van der Waals surface area contributed by atoms with Gasteiger partial charge in [-0.25, -0.2) is 0 Å². The summed E-state index contributed by atoms with van der Waals surface area (Å²) >= 11 is 0. The zero-order valence-electron chi connectivity index (χ0n) is 14.5. The fourth-order valence-electron chi connectivity index (χ4n) is 2.62. The van der Waals surface area contributed by atoms with E-state index in [1.54, 1.807) is 31.4 Å². The van der Waals surface area contributed by atoms with Gasteiger partial charge in [0.15, 0.2) is 0 Å². The van der Waals surface area contributed by atoms with Crippen LogP contribution in [0.4, 0.5) is 11.4 Å². The third kappa shape index (κ3) is 4.00. The molecule has 2 aromatic carbocycles. The van der Waals surface area contributed by atoms with Gasteiger partial charge in [-0.1, -0.05) is 17.3 Å². The Hall–Kier alpha value is -3.35. The normalized spacial score (nSPS) is 15.6. The molecule has 0 saturated heterocycles. The summed E-state index contributed by atoms with van der Waals surface area (Å²) in [6.07, 6.45) is -0.346. The van der Waals surface area contributed by atoms with Crippen LogP contribution in [0.25, 0.3) is 0 Å². The highest BCUT2D eigenvalue weighted by atomic mass is 16.6. The van der Waals surface area contributed by atoms with Crippen LogP contribution in [0.5, 0.6) is 5.75 Å². The maximum absolute atomic E-state index is 12.4. The second kappa shape index (κ2) is 7.69. The first kappa shape index (κ1) is 17.5. The number of nitrogens with zero attached hydrogens (tertiary/aromatic N) is 1. The van der Waals surface area contributed by atoms with Gasteiger partial charge in [-0.3, -0.25) is 9.59 Å². The molecule has 1 atom stereocenters.